The molecule has 0 radical (unpaired) electrons. The van der Waals surface area contributed by atoms with E-state index in [4.69, 9.17) is 0 Å². The van der Waals surface area contributed by atoms with Crippen LogP contribution >= 0.6 is 23.1 Å². The third-order valence-corrected chi connectivity index (χ3v) is 5.33. The molecule has 0 unspecified atom stereocenters. The molecule has 0 aliphatic carbocycles. The molecule has 1 N–H and O–H groups in total. The van der Waals surface area contributed by atoms with Crippen LogP contribution < -0.4 is 5.32 Å². The molecule has 2 rings (SSSR count). The number of ketones is 1. The fraction of sp³-hybridized carbons (Fsp3) is 0.353. The number of thiazole rings is 1. The minimum atomic E-state index is -0.0264. The molecule has 1 amide bonds. The van der Waals surface area contributed by atoms with Crippen LogP contribution in [0.4, 0.5) is 0 Å². The summed E-state index contributed by atoms with van der Waals surface area (Å²) in [6.07, 6.45) is 1.26. The Balaban J connectivity index is 1.86. The van der Waals surface area contributed by atoms with Gasteiger partial charge in [-0.05, 0) is 18.9 Å². The number of rotatable bonds is 8. The van der Waals surface area contributed by atoms with Crippen molar-refractivity contribution < 1.29 is 9.59 Å². The molecule has 0 fully saturated rings. The highest BCUT2D eigenvalue weighted by molar-refractivity contribution is 8.01. The number of hydrogen-bond acceptors (Lipinski definition) is 5. The molecule has 6 heteroatoms. The van der Waals surface area contributed by atoms with Crippen molar-refractivity contribution in [3.63, 3.8) is 0 Å². The van der Waals surface area contributed by atoms with Gasteiger partial charge in [-0.15, -0.1) is 11.3 Å². The minimum absolute atomic E-state index is 0.0264. The molecule has 122 valence electrons. The van der Waals surface area contributed by atoms with Crippen LogP contribution in [0, 0.1) is 0 Å². The number of likely N-dealkylation sites (N-methyl/N-ethyl adjacent to an activating group) is 1. The second-order valence-corrected chi connectivity index (χ2v) is 7.08. The Labute approximate surface area is 144 Å². The maximum atomic E-state index is 12.2. The van der Waals surface area contributed by atoms with Gasteiger partial charge >= 0.3 is 0 Å². The van der Waals surface area contributed by atoms with Gasteiger partial charge in [0, 0.05) is 17.5 Å². The number of Topliss-reactive ketones (excluding diaryl/α,β-unsaturated/α-hetero) is 1. The van der Waals surface area contributed by atoms with Gasteiger partial charge in [-0.2, -0.15) is 0 Å². The monoisotopic (exact) mass is 348 g/mol. The molecule has 0 saturated heterocycles. The molecule has 1 aromatic heterocycles. The summed E-state index contributed by atoms with van der Waals surface area (Å²) in [5.41, 5.74) is 2.71. The largest absolute Gasteiger partial charge is 0.356 e. The molecule has 1 heterocycles. The van der Waals surface area contributed by atoms with Crippen molar-refractivity contribution in [1.82, 2.24) is 10.3 Å². The summed E-state index contributed by atoms with van der Waals surface area (Å²) in [5, 5.41) is 4.62. The summed E-state index contributed by atoms with van der Waals surface area (Å²) in [5.74, 6) is 0.430. The van der Waals surface area contributed by atoms with Gasteiger partial charge in [0.1, 0.15) is 0 Å². The summed E-state index contributed by atoms with van der Waals surface area (Å²) >= 11 is 2.89. The number of amides is 1. The molecular weight excluding hydrogens is 328 g/mol. The van der Waals surface area contributed by atoms with Gasteiger partial charge in [0.05, 0.1) is 17.9 Å². The number of aromatic nitrogens is 1. The molecule has 0 aliphatic rings. The van der Waals surface area contributed by atoms with Crippen LogP contribution in [0.3, 0.4) is 0 Å². The second kappa shape index (κ2) is 8.84. The van der Waals surface area contributed by atoms with Crippen molar-refractivity contribution >= 4 is 34.8 Å². The molecule has 2 aromatic rings. The van der Waals surface area contributed by atoms with E-state index in [1.165, 1.54) is 28.7 Å². The summed E-state index contributed by atoms with van der Waals surface area (Å²) in [6, 6.07) is 7.74. The van der Waals surface area contributed by atoms with Gasteiger partial charge < -0.3 is 5.32 Å². The van der Waals surface area contributed by atoms with Crippen LogP contribution in [0.5, 0.6) is 0 Å². The van der Waals surface area contributed by atoms with Crippen molar-refractivity contribution in [2.45, 2.75) is 31.0 Å². The number of carbonyl (C=O) groups excluding carboxylic acids is 2. The highest BCUT2D eigenvalue weighted by Gasteiger charge is 2.10. The Morgan fingerprint density at radius 2 is 1.96 bits per heavy atom. The lowest BCUT2D eigenvalue weighted by molar-refractivity contribution is -0.120. The van der Waals surface area contributed by atoms with Crippen LogP contribution in [0.25, 0.3) is 0 Å². The van der Waals surface area contributed by atoms with Crippen LogP contribution in [0.2, 0.25) is 0 Å². The van der Waals surface area contributed by atoms with Crippen LogP contribution in [-0.4, -0.2) is 29.0 Å². The number of thioether (sulfide) groups is 1. The first kappa shape index (κ1) is 17.7. The SMILES string of the molecule is CCNC(=O)Cc1csc(SCC(=O)c2ccc(CC)cc2)n1. The zero-order valence-corrected chi connectivity index (χ0v) is 14.9. The van der Waals surface area contributed by atoms with Gasteiger partial charge in [-0.1, -0.05) is 43.0 Å². The van der Waals surface area contributed by atoms with E-state index >= 15 is 0 Å². The quantitative estimate of drug-likeness (QED) is 0.587. The molecule has 0 spiro atoms. The Morgan fingerprint density at radius 1 is 1.22 bits per heavy atom. The smallest absolute Gasteiger partial charge is 0.226 e. The summed E-state index contributed by atoms with van der Waals surface area (Å²) in [4.78, 5) is 28.1. The Hall–Kier alpha value is -1.66. The van der Waals surface area contributed by atoms with Crippen molar-refractivity contribution in [2.24, 2.45) is 0 Å². The van der Waals surface area contributed by atoms with Gasteiger partial charge in [0.2, 0.25) is 5.91 Å². The first-order valence-electron chi connectivity index (χ1n) is 7.58. The highest BCUT2D eigenvalue weighted by atomic mass is 32.2. The van der Waals surface area contributed by atoms with Crippen molar-refractivity contribution in [2.75, 3.05) is 12.3 Å². The van der Waals surface area contributed by atoms with Crippen molar-refractivity contribution in [3.8, 4) is 0 Å². The van der Waals surface area contributed by atoms with Gasteiger partial charge in [-0.25, -0.2) is 4.98 Å². The molecule has 0 bridgehead atoms. The van der Waals surface area contributed by atoms with Crippen LogP contribution in [-0.2, 0) is 17.6 Å². The normalized spacial score (nSPS) is 10.5. The van der Waals surface area contributed by atoms with Crippen LogP contribution in [0.15, 0.2) is 34.0 Å². The second-order valence-electron chi connectivity index (χ2n) is 5.00. The third kappa shape index (κ3) is 5.48. The van der Waals surface area contributed by atoms with Gasteiger partial charge in [0.25, 0.3) is 0 Å². The topological polar surface area (TPSA) is 59.1 Å². The lowest BCUT2D eigenvalue weighted by Crippen LogP contribution is -2.24. The zero-order valence-electron chi connectivity index (χ0n) is 13.3. The predicted molar refractivity (Wildman–Crippen MR) is 95.4 cm³/mol. The highest BCUT2D eigenvalue weighted by Crippen LogP contribution is 2.24. The van der Waals surface area contributed by atoms with Crippen molar-refractivity contribution in [1.29, 1.82) is 0 Å². The number of aryl methyl sites for hydroxylation is 1. The first-order chi connectivity index (χ1) is 11.1. The fourth-order valence-corrected chi connectivity index (χ4v) is 3.74. The fourth-order valence-electron chi connectivity index (χ4n) is 2.00. The number of nitrogens with zero attached hydrogens (tertiary/aromatic N) is 1. The lowest BCUT2D eigenvalue weighted by Gasteiger charge is -2.01. The molecule has 0 aliphatic heterocycles. The number of benzene rings is 1. The third-order valence-electron chi connectivity index (χ3n) is 3.26. The van der Waals surface area contributed by atoms with E-state index < -0.39 is 0 Å². The molecule has 23 heavy (non-hydrogen) atoms. The van der Waals surface area contributed by atoms with E-state index in [1.54, 1.807) is 0 Å². The van der Waals surface area contributed by atoms with E-state index in [2.05, 4.69) is 17.2 Å². The van der Waals surface area contributed by atoms with Crippen molar-refractivity contribution in [3.05, 3.63) is 46.5 Å². The average Bonchev–Trinajstić information content (AvgIpc) is 3.00. The Kier molecular flexibility index (Phi) is 6.80. The minimum Gasteiger partial charge on any atom is -0.356 e. The molecule has 0 saturated carbocycles. The number of carbonyl (C=O) groups is 2. The Bertz CT molecular complexity index is 665. The molecule has 0 atom stereocenters. The molecular formula is C17H20N2O2S2. The van der Waals surface area contributed by atoms with E-state index in [9.17, 15) is 9.59 Å². The van der Waals surface area contributed by atoms with E-state index in [0.717, 1.165) is 22.0 Å². The van der Waals surface area contributed by atoms with Crippen LogP contribution in [0.1, 0.15) is 35.5 Å². The standard InChI is InChI=1S/C17H20N2O2S2/c1-3-12-5-7-13(8-6-12)15(20)11-23-17-19-14(10-22-17)9-16(21)18-4-2/h5-8,10H,3-4,9,11H2,1-2H3,(H,18,21). The molecule has 4 nitrogen and oxygen atoms in total. The van der Waals surface area contributed by atoms with Gasteiger partial charge in [0.15, 0.2) is 10.1 Å². The average molecular weight is 348 g/mol. The summed E-state index contributed by atoms with van der Waals surface area (Å²) < 4.78 is 0.822. The summed E-state index contributed by atoms with van der Waals surface area (Å²) in [6.45, 7) is 4.60. The lowest BCUT2D eigenvalue weighted by atomic mass is 10.1. The van der Waals surface area contributed by atoms with Gasteiger partial charge in [-0.3, -0.25) is 9.59 Å². The predicted octanol–water partition coefficient (Wildman–Crippen LogP) is 3.36. The molecule has 1 aromatic carbocycles. The van der Waals surface area contributed by atoms with E-state index in [1.807, 2.05) is 36.6 Å². The van der Waals surface area contributed by atoms with E-state index in [0.29, 0.717) is 12.3 Å². The number of nitrogens with one attached hydrogen (secondary N) is 1. The Morgan fingerprint density at radius 3 is 2.61 bits per heavy atom. The zero-order chi connectivity index (χ0) is 16.7. The summed E-state index contributed by atoms with van der Waals surface area (Å²) in [7, 11) is 0. The van der Waals surface area contributed by atoms with E-state index in [-0.39, 0.29) is 18.1 Å². The maximum Gasteiger partial charge on any atom is 0.226 e. The first-order valence-corrected chi connectivity index (χ1v) is 9.45. The maximum absolute atomic E-state index is 12.2. The number of hydrogen-bond donors (Lipinski definition) is 1.